The number of benzene rings is 3. The molecule has 0 aliphatic heterocycles. The van der Waals surface area contributed by atoms with Gasteiger partial charge in [0.25, 0.3) is 0 Å². The highest BCUT2D eigenvalue weighted by atomic mass is 15.0. The van der Waals surface area contributed by atoms with Crippen molar-refractivity contribution in [3.05, 3.63) is 110 Å². The van der Waals surface area contributed by atoms with Gasteiger partial charge in [0, 0.05) is 23.5 Å². The summed E-state index contributed by atoms with van der Waals surface area (Å²) in [7, 11) is 0. The van der Waals surface area contributed by atoms with Gasteiger partial charge in [-0.1, -0.05) is 48.5 Å². The number of nitrogens with zero attached hydrogens (tertiary/aromatic N) is 8. The number of fused-ring (bicyclic) bond motifs is 3. The topological polar surface area (TPSA) is 103 Å². The summed E-state index contributed by atoms with van der Waals surface area (Å²) < 4.78 is 0. The van der Waals surface area contributed by atoms with Crippen LogP contribution in [0.3, 0.4) is 0 Å². The van der Waals surface area contributed by atoms with E-state index in [9.17, 15) is 0 Å². The molecule has 8 heteroatoms. The van der Waals surface area contributed by atoms with Gasteiger partial charge in [0.15, 0.2) is 23.3 Å². The molecule has 0 atom stereocenters. The summed E-state index contributed by atoms with van der Waals surface area (Å²) in [5.41, 5.74) is 3.26. The standard InChI is InChI=1S/C30H18N8/c1-3-13-31-25(5-1)29-35-17-33-27(37-29)21-9-11-23-19(15-21)7-8-20-16-22(10-12-24(20)23)28-34-18-36-30(38-28)26-6-2-4-14-32-26/h1-18H. The minimum atomic E-state index is 0.547. The molecule has 0 unspecified atom stereocenters. The largest absolute Gasteiger partial charge is 0.253 e. The normalized spacial score (nSPS) is 11.2. The van der Waals surface area contributed by atoms with Crippen LogP contribution in [0.5, 0.6) is 0 Å². The average molecular weight is 491 g/mol. The third-order valence-corrected chi connectivity index (χ3v) is 6.28. The highest BCUT2D eigenvalue weighted by Crippen LogP contribution is 2.31. The van der Waals surface area contributed by atoms with Crippen molar-refractivity contribution >= 4 is 21.5 Å². The maximum Gasteiger partial charge on any atom is 0.181 e. The van der Waals surface area contributed by atoms with Crippen molar-refractivity contribution in [2.75, 3.05) is 0 Å². The lowest BCUT2D eigenvalue weighted by Crippen LogP contribution is -1.96. The van der Waals surface area contributed by atoms with E-state index in [0.29, 0.717) is 34.7 Å². The first-order valence-electron chi connectivity index (χ1n) is 12.0. The zero-order chi connectivity index (χ0) is 25.3. The number of pyridine rings is 2. The van der Waals surface area contributed by atoms with Gasteiger partial charge in [0.05, 0.1) is 0 Å². The molecule has 0 radical (unpaired) electrons. The summed E-state index contributed by atoms with van der Waals surface area (Å²) >= 11 is 0. The molecule has 8 nitrogen and oxygen atoms in total. The Balaban J connectivity index is 1.25. The van der Waals surface area contributed by atoms with Crippen LogP contribution in [0.2, 0.25) is 0 Å². The summed E-state index contributed by atoms with van der Waals surface area (Å²) in [5, 5.41) is 4.48. The molecule has 0 N–H and O–H groups in total. The maximum absolute atomic E-state index is 4.65. The fraction of sp³-hybridized carbons (Fsp3) is 0. The highest BCUT2D eigenvalue weighted by Gasteiger charge is 2.11. The Bertz CT molecular complexity index is 1780. The van der Waals surface area contributed by atoms with E-state index in [-0.39, 0.29) is 0 Å². The Labute approximate surface area is 217 Å². The number of hydrogen-bond donors (Lipinski definition) is 0. The predicted molar refractivity (Wildman–Crippen MR) is 146 cm³/mol. The number of hydrogen-bond acceptors (Lipinski definition) is 8. The van der Waals surface area contributed by atoms with Crippen LogP contribution >= 0.6 is 0 Å². The SMILES string of the molecule is c1ccc(-c2ncnc(-c3ccc4c(ccc5cc(-c6ncnc(-c7ccccn7)n6)ccc54)c3)n2)nc1. The second-order valence-corrected chi connectivity index (χ2v) is 8.63. The molecule has 0 fully saturated rings. The molecule has 7 aromatic rings. The molecule has 0 saturated carbocycles. The molecule has 7 rings (SSSR count). The van der Waals surface area contributed by atoms with Gasteiger partial charge in [-0.15, -0.1) is 0 Å². The van der Waals surface area contributed by atoms with Crippen molar-refractivity contribution in [2.45, 2.75) is 0 Å². The van der Waals surface area contributed by atoms with Crippen molar-refractivity contribution in [1.82, 2.24) is 39.9 Å². The van der Waals surface area contributed by atoms with Gasteiger partial charge in [-0.25, -0.2) is 29.9 Å². The maximum atomic E-state index is 4.65. The Morgan fingerprint density at radius 1 is 0.395 bits per heavy atom. The van der Waals surface area contributed by atoms with Crippen LogP contribution in [-0.4, -0.2) is 39.9 Å². The van der Waals surface area contributed by atoms with Crippen molar-refractivity contribution in [2.24, 2.45) is 0 Å². The summed E-state index contributed by atoms with van der Waals surface area (Å²) in [5.74, 6) is 2.31. The van der Waals surface area contributed by atoms with Crippen LogP contribution in [0.1, 0.15) is 0 Å². The molecule has 0 aliphatic carbocycles. The molecule has 0 amide bonds. The lowest BCUT2D eigenvalue weighted by molar-refractivity contribution is 1.05. The Hall–Kier alpha value is -5.50. The fourth-order valence-corrected chi connectivity index (χ4v) is 4.46. The van der Waals surface area contributed by atoms with Gasteiger partial charge in [0.2, 0.25) is 0 Å². The van der Waals surface area contributed by atoms with E-state index < -0.39 is 0 Å². The van der Waals surface area contributed by atoms with Crippen LogP contribution < -0.4 is 0 Å². The molecule has 0 bridgehead atoms. The van der Waals surface area contributed by atoms with E-state index in [4.69, 9.17) is 0 Å². The zero-order valence-electron chi connectivity index (χ0n) is 20.0. The molecular formula is C30H18N8. The lowest BCUT2D eigenvalue weighted by atomic mass is 9.98. The molecule has 38 heavy (non-hydrogen) atoms. The average Bonchev–Trinajstić information content (AvgIpc) is 3.01. The predicted octanol–water partition coefficient (Wildman–Crippen LogP) is 5.82. The third kappa shape index (κ3) is 4.00. The van der Waals surface area contributed by atoms with E-state index in [1.165, 1.54) is 12.7 Å². The molecule has 3 aromatic carbocycles. The van der Waals surface area contributed by atoms with Crippen LogP contribution in [0.15, 0.2) is 110 Å². The Kier molecular flexibility index (Phi) is 5.26. The smallest absolute Gasteiger partial charge is 0.181 e. The van der Waals surface area contributed by atoms with E-state index in [0.717, 1.165) is 32.7 Å². The van der Waals surface area contributed by atoms with Crippen molar-refractivity contribution in [3.8, 4) is 45.8 Å². The Morgan fingerprint density at radius 3 is 1.32 bits per heavy atom. The van der Waals surface area contributed by atoms with Gasteiger partial charge in [-0.3, -0.25) is 9.97 Å². The summed E-state index contributed by atoms with van der Waals surface area (Å²) in [4.78, 5) is 35.4. The third-order valence-electron chi connectivity index (χ3n) is 6.28. The first-order chi connectivity index (χ1) is 18.8. The monoisotopic (exact) mass is 490 g/mol. The lowest BCUT2D eigenvalue weighted by Gasteiger charge is -2.09. The van der Waals surface area contributed by atoms with E-state index >= 15 is 0 Å². The fourth-order valence-electron chi connectivity index (χ4n) is 4.46. The molecule has 0 saturated heterocycles. The van der Waals surface area contributed by atoms with Crippen LogP contribution in [-0.2, 0) is 0 Å². The highest BCUT2D eigenvalue weighted by molar-refractivity contribution is 6.09. The van der Waals surface area contributed by atoms with Crippen molar-refractivity contribution in [1.29, 1.82) is 0 Å². The van der Waals surface area contributed by atoms with Gasteiger partial charge >= 0.3 is 0 Å². The van der Waals surface area contributed by atoms with Crippen LogP contribution in [0.25, 0.3) is 67.4 Å². The second kappa shape index (κ2) is 9.18. The zero-order valence-corrected chi connectivity index (χ0v) is 20.0. The first-order valence-corrected chi connectivity index (χ1v) is 12.0. The molecular weight excluding hydrogens is 472 g/mol. The molecule has 0 spiro atoms. The summed E-state index contributed by atoms with van der Waals surface area (Å²) in [6.07, 6.45) is 6.51. The Morgan fingerprint density at radius 2 is 0.868 bits per heavy atom. The van der Waals surface area contributed by atoms with Gasteiger partial charge in [-0.05, 0) is 57.9 Å². The molecule has 178 valence electrons. The van der Waals surface area contributed by atoms with Gasteiger partial charge in [-0.2, -0.15) is 0 Å². The summed E-state index contributed by atoms with van der Waals surface area (Å²) in [6.45, 7) is 0. The number of rotatable bonds is 4. The minimum absolute atomic E-state index is 0.547. The van der Waals surface area contributed by atoms with Gasteiger partial charge in [0.1, 0.15) is 24.0 Å². The summed E-state index contributed by atoms with van der Waals surface area (Å²) in [6, 6.07) is 28.1. The quantitative estimate of drug-likeness (QED) is 0.284. The van der Waals surface area contributed by atoms with E-state index in [1.807, 2.05) is 48.5 Å². The molecule has 0 aliphatic rings. The van der Waals surface area contributed by atoms with Gasteiger partial charge < -0.3 is 0 Å². The van der Waals surface area contributed by atoms with Crippen molar-refractivity contribution in [3.63, 3.8) is 0 Å². The number of aromatic nitrogens is 8. The minimum Gasteiger partial charge on any atom is -0.253 e. The van der Waals surface area contributed by atoms with E-state index in [1.54, 1.807) is 12.4 Å². The van der Waals surface area contributed by atoms with Crippen LogP contribution in [0, 0.1) is 0 Å². The van der Waals surface area contributed by atoms with Crippen molar-refractivity contribution < 1.29 is 0 Å². The molecule has 4 aromatic heterocycles. The first kappa shape index (κ1) is 21.8. The molecule has 4 heterocycles. The van der Waals surface area contributed by atoms with Crippen LogP contribution in [0.4, 0.5) is 0 Å². The van der Waals surface area contributed by atoms with E-state index in [2.05, 4.69) is 76.3 Å². The second-order valence-electron chi connectivity index (χ2n) is 8.63.